The zero-order valence-corrected chi connectivity index (χ0v) is 9.07. The second-order valence-electron chi connectivity index (χ2n) is 1.60. The van der Waals surface area contributed by atoms with Crippen molar-refractivity contribution in [3.8, 4) is 0 Å². The van der Waals surface area contributed by atoms with Crippen LogP contribution in [0, 0.1) is 0 Å². The maximum atomic E-state index is 3.57. The van der Waals surface area contributed by atoms with Crippen LogP contribution >= 0.6 is 0 Å². The molecule has 0 N–H and O–H groups in total. The predicted octanol–water partition coefficient (Wildman–Crippen LogP) is 4.58. The van der Waals surface area contributed by atoms with E-state index in [-0.39, 0.29) is 0 Å². The van der Waals surface area contributed by atoms with E-state index in [0.717, 1.165) is 6.42 Å². The highest BCUT2D eigenvalue weighted by atomic mass is 13.8. The fraction of sp³-hybridized carbons (Fsp3) is 0.636. The van der Waals surface area contributed by atoms with Crippen molar-refractivity contribution in [1.29, 1.82) is 0 Å². The Morgan fingerprint density at radius 1 is 1.18 bits per heavy atom. The molecule has 0 fully saturated rings. The summed E-state index contributed by atoms with van der Waals surface area (Å²) < 4.78 is 0. The highest BCUT2D eigenvalue weighted by Crippen LogP contribution is 1.95. The third-order valence-corrected chi connectivity index (χ3v) is 0.960. The van der Waals surface area contributed by atoms with Gasteiger partial charge in [0.25, 0.3) is 0 Å². The van der Waals surface area contributed by atoms with Crippen LogP contribution in [0.2, 0.25) is 0 Å². The lowest BCUT2D eigenvalue weighted by Gasteiger charge is -1.86. The first-order valence-corrected chi connectivity index (χ1v) is 4.59. The minimum atomic E-state index is 1.13. The van der Waals surface area contributed by atoms with Gasteiger partial charge in [0.05, 0.1) is 0 Å². The monoisotopic (exact) mass is 156 g/mol. The second-order valence-corrected chi connectivity index (χ2v) is 1.60. The van der Waals surface area contributed by atoms with Crippen molar-refractivity contribution >= 4 is 0 Å². The summed E-state index contributed by atoms with van der Waals surface area (Å²) in [5.74, 6) is 0. The third kappa shape index (κ3) is 26.4. The first kappa shape index (κ1) is 16.8. The van der Waals surface area contributed by atoms with Crippen molar-refractivity contribution < 1.29 is 0 Å². The molecule has 0 nitrogen and oxygen atoms in total. The molecule has 0 saturated carbocycles. The summed E-state index contributed by atoms with van der Waals surface area (Å²) in [4.78, 5) is 0. The molecule has 11 heavy (non-hydrogen) atoms. The quantitative estimate of drug-likeness (QED) is 0.513. The van der Waals surface area contributed by atoms with Crippen molar-refractivity contribution in [2.24, 2.45) is 0 Å². The molecular weight excluding hydrogens is 132 g/mol. The lowest BCUT2D eigenvalue weighted by atomic mass is 10.2. The van der Waals surface area contributed by atoms with Gasteiger partial charge in [-0.25, -0.2) is 0 Å². The standard InChI is InChI=1S/C7H12.2C2H6/c1-4-6-7(3)5-2;2*1-2/h4,6H,1,5H2,2-3H3;2*1-2H3/b7-6-;;. The fourth-order valence-corrected chi connectivity index (χ4v) is 0.319. The van der Waals surface area contributed by atoms with Gasteiger partial charge >= 0.3 is 0 Å². The van der Waals surface area contributed by atoms with E-state index in [1.54, 1.807) is 0 Å². The molecule has 0 bridgehead atoms. The molecule has 0 heteroatoms. The van der Waals surface area contributed by atoms with E-state index in [1.807, 2.05) is 39.8 Å². The zero-order valence-electron chi connectivity index (χ0n) is 9.07. The van der Waals surface area contributed by atoms with Gasteiger partial charge in [-0.3, -0.25) is 0 Å². The first-order chi connectivity index (χ1) is 5.31. The Bertz CT molecular complexity index is 78.0. The fourth-order valence-electron chi connectivity index (χ4n) is 0.319. The molecule has 0 rings (SSSR count). The zero-order chi connectivity index (χ0) is 9.70. The maximum Gasteiger partial charge on any atom is -0.0349 e. The van der Waals surface area contributed by atoms with Gasteiger partial charge in [0, 0.05) is 0 Å². The van der Waals surface area contributed by atoms with E-state index in [9.17, 15) is 0 Å². The summed E-state index contributed by atoms with van der Waals surface area (Å²) in [6.07, 6.45) is 4.98. The first-order valence-electron chi connectivity index (χ1n) is 4.59. The minimum Gasteiger partial charge on any atom is -0.0991 e. The number of hydrogen-bond acceptors (Lipinski definition) is 0. The predicted molar refractivity (Wildman–Crippen MR) is 56.9 cm³/mol. The van der Waals surface area contributed by atoms with E-state index in [0.29, 0.717) is 0 Å². The summed E-state index contributed by atoms with van der Waals surface area (Å²) >= 11 is 0. The van der Waals surface area contributed by atoms with Crippen molar-refractivity contribution in [2.75, 3.05) is 0 Å². The third-order valence-electron chi connectivity index (χ3n) is 0.960. The smallest absolute Gasteiger partial charge is 0.0349 e. The van der Waals surface area contributed by atoms with Crippen LogP contribution in [0.1, 0.15) is 48.0 Å². The molecular formula is C11H24. The van der Waals surface area contributed by atoms with Crippen LogP contribution in [0.25, 0.3) is 0 Å². The number of allylic oxidation sites excluding steroid dienone is 3. The van der Waals surface area contributed by atoms with Crippen LogP contribution in [0.3, 0.4) is 0 Å². The number of rotatable bonds is 2. The van der Waals surface area contributed by atoms with Crippen molar-refractivity contribution in [2.45, 2.75) is 48.0 Å². The van der Waals surface area contributed by atoms with Crippen LogP contribution in [0.5, 0.6) is 0 Å². The topological polar surface area (TPSA) is 0 Å². The highest BCUT2D eigenvalue weighted by molar-refractivity contribution is 5.06. The molecule has 68 valence electrons. The molecule has 0 spiro atoms. The van der Waals surface area contributed by atoms with Gasteiger partial charge in [0.15, 0.2) is 0 Å². The van der Waals surface area contributed by atoms with Crippen LogP contribution < -0.4 is 0 Å². The van der Waals surface area contributed by atoms with Crippen LogP contribution in [0.15, 0.2) is 24.3 Å². The van der Waals surface area contributed by atoms with E-state index in [4.69, 9.17) is 0 Å². The lowest BCUT2D eigenvalue weighted by Crippen LogP contribution is -1.65. The molecule has 0 unspecified atom stereocenters. The Morgan fingerprint density at radius 2 is 1.55 bits per heavy atom. The average molecular weight is 156 g/mol. The van der Waals surface area contributed by atoms with Gasteiger partial charge in [0.1, 0.15) is 0 Å². The Hall–Kier alpha value is -0.520. The molecule has 0 aromatic rings. The normalized spacial score (nSPS) is 8.36. The van der Waals surface area contributed by atoms with Gasteiger partial charge in [-0.05, 0) is 13.3 Å². The largest absolute Gasteiger partial charge is 0.0991 e. The van der Waals surface area contributed by atoms with Crippen molar-refractivity contribution in [1.82, 2.24) is 0 Å². The Labute approximate surface area is 73.0 Å². The molecule has 0 aromatic carbocycles. The Balaban J connectivity index is -0.000000138. The van der Waals surface area contributed by atoms with Gasteiger partial charge in [-0.2, -0.15) is 0 Å². The molecule has 0 aromatic heterocycles. The van der Waals surface area contributed by atoms with E-state index in [2.05, 4.69) is 20.4 Å². The van der Waals surface area contributed by atoms with Gasteiger partial charge in [-0.15, -0.1) is 0 Å². The summed E-state index contributed by atoms with van der Waals surface area (Å²) in [6, 6.07) is 0. The van der Waals surface area contributed by atoms with Crippen LogP contribution in [-0.2, 0) is 0 Å². The van der Waals surface area contributed by atoms with Gasteiger partial charge in [0.2, 0.25) is 0 Å². The summed E-state index contributed by atoms with van der Waals surface area (Å²) in [5, 5.41) is 0. The van der Waals surface area contributed by atoms with Crippen LogP contribution in [0.4, 0.5) is 0 Å². The maximum absolute atomic E-state index is 3.57. The summed E-state index contributed by atoms with van der Waals surface area (Å²) in [5.41, 5.74) is 1.38. The van der Waals surface area contributed by atoms with Crippen molar-refractivity contribution in [3.63, 3.8) is 0 Å². The van der Waals surface area contributed by atoms with Gasteiger partial charge in [-0.1, -0.05) is 58.9 Å². The average Bonchev–Trinajstić information content (AvgIpc) is 2.12. The Morgan fingerprint density at radius 3 is 1.64 bits per heavy atom. The van der Waals surface area contributed by atoms with Crippen molar-refractivity contribution in [3.05, 3.63) is 24.3 Å². The highest BCUT2D eigenvalue weighted by Gasteiger charge is 1.74. The lowest BCUT2D eigenvalue weighted by molar-refractivity contribution is 1.10. The van der Waals surface area contributed by atoms with E-state index >= 15 is 0 Å². The molecule has 0 radical (unpaired) electrons. The molecule has 0 aliphatic carbocycles. The molecule has 0 saturated heterocycles. The van der Waals surface area contributed by atoms with Gasteiger partial charge < -0.3 is 0 Å². The van der Waals surface area contributed by atoms with E-state index in [1.165, 1.54) is 5.57 Å². The molecule has 0 amide bonds. The number of hydrogen-bond donors (Lipinski definition) is 0. The molecule has 0 atom stereocenters. The molecule has 0 aliphatic heterocycles. The molecule has 0 aliphatic rings. The minimum absolute atomic E-state index is 1.13. The summed E-state index contributed by atoms with van der Waals surface area (Å²) in [7, 11) is 0. The summed E-state index contributed by atoms with van der Waals surface area (Å²) in [6.45, 7) is 15.8. The molecule has 0 heterocycles. The van der Waals surface area contributed by atoms with Crippen LogP contribution in [-0.4, -0.2) is 0 Å². The Kier molecular flexibility index (Phi) is 34.7. The second kappa shape index (κ2) is 22.7. The SMILES string of the molecule is C=C/C=C(/C)CC.CC.CC. The van der Waals surface area contributed by atoms with E-state index < -0.39 is 0 Å².